The average Bonchev–Trinajstić information content (AvgIpc) is 2.77. The summed E-state index contributed by atoms with van der Waals surface area (Å²) in [6.45, 7) is 9.70. The predicted octanol–water partition coefficient (Wildman–Crippen LogP) is 3.58. The van der Waals surface area contributed by atoms with E-state index in [1.54, 1.807) is 0 Å². The Labute approximate surface area is 128 Å². The molecule has 1 fully saturated rings. The highest BCUT2D eigenvalue weighted by atomic mass is 16.2. The van der Waals surface area contributed by atoms with Gasteiger partial charge in [-0.15, -0.1) is 0 Å². The van der Waals surface area contributed by atoms with Crippen molar-refractivity contribution in [2.45, 2.75) is 52.7 Å². The highest BCUT2D eigenvalue weighted by Crippen LogP contribution is 2.27. The lowest BCUT2D eigenvalue weighted by atomic mass is 9.97. The van der Waals surface area contributed by atoms with Crippen LogP contribution in [0.2, 0.25) is 0 Å². The van der Waals surface area contributed by atoms with Gasteiger partial charge in [-0.25, -0.2) is 0 Å². The van der Waals surface area contributed by atoms with E-state index in [1.165, 1.54) is 0 Å². The lowest BCUT2D eigenvalue weighted by Gasteiger charge is -2.28. The molecular formula is C18H28N2O. The summed E-state index contributed by atoms with van der Waals surface area (Å²) in [4.78, 5) is 14.9. The van der Waals surface area contributed by atoms with Crippen molar-refractivity contribution in [1.82, 2.24) is 10.2 Å². The van der Waals surface area contributed by atoms with E-state index in [0.29, 0.717) is 11.8 Å². The largest absolute Gasteiger partial charge is 0.325 e. The first-order valence-electron chi connectivity index (χ1n) is 8.16. The van der Waals surface area contributed by atoms with Crippen LogP contribution in [0.4, 0.5) is 0 Å². The van der Waals surface area contributed by atoms with Gasteiger partial charge in [-0.05, 0) is 23.8 Å². The molecule has 0 aliphatic carbocycles. The first-order chi connectivity index (χ1) is 10.0. The molecule has 1 N–H and O–H groups in total. The van der Waals surface area contributed by atoms with Crippen molar-refractivity contribution in [2.75, 3.05) is 6.54 Å². The van der Waals surface area contributed by atoms with Crippen LogP contribution in [0.25, 0.3) is 0 Å². The molecule has 0 spiro atoms. The highest BCUT2D eigenvalue weighted by molar-refractivity contribution is 5.85. The molecule has 1 aromatic rings. The standard InChI is InChI=1S/C18H28N2O/c1-5-9-16-19-17(15-10-7-6-8-11-15)18(21)20(16)12-14(4)13(2)3/h6-8,10-11,13-14,16-17,19H,5,9,12H2,1-4H3. The molecule has 0 aromatic heterocycles. The second-order valence-electron chi connectivity index (χ2n) is 6.53. The summed E-state index contributed by atoms with van der Waals surface area (Å²) >= 11 is 0. The first-order valence-corrected chi connectivity index (χ1v) is 8.16. The summed E-state index contributed by atoms with van der Waals surface area (Å²) in [6.07, 6.45) is 2.27. The molecular weight excluding hydrogens is 260 g/mol. The second-order valence-corrected chi connectivity index (χ2v) is 6.53. The molecule has 3 unspecified atom stereocenters. The van der Waals surface area contributed by atoms with E-state index in [2.05, 4.69) is 37.9 Å². The highest BCUT2D eigenvalue weighted by Gasteiger charge is 2.39. The van der Waals surface area contributed by atoms with Gasteiger partial charge in [0.25, 0.3) is 0 Å². The fraction of sp³-hybridized carbons (Fsp3) is 0.611. The van der Waals surface area contributed by atoms with E-state index in [0.717, 1.165) is 24.9 Å². The molecule has 0 saturated carbocycles. The van der Waals surface area contributed by atoms with Crippen LogP contribution in [0, 0.1) is 11.8 Å². The third kappa shape index (κ3) is 3.65. The summed E-state index contributed by atoms with van der Waals surface area (Å²) in [5.74, 6) is 1.34. The Morgan fingerprint density at radius 2 is 1.86 bits per heavy atom. The molecule has 116 valence electrons. The van der Waals surface area contributed by atoms with Crippen LogP contribution in [-0.4, -0.2) is 23.5 Å². The average molecular weight is 288 g/mol. The van der Waals surface area contributed by atoms with Crippen LogP contribution in [0.3, 0.4) is 0 Å². The zero-order valence-corrected chi connectivity index (χ0v) is 13.7. The van der Waals surface area contributed by atoms with Gasteiger partial charge in [0.2, 0.25) is 5.91 Å². The molecule has 1 saturated heterocycles. The zero-order valence-electron chi connectivity index (χ0n) is 13.7. The van der Waals surface area contributed by atoms with Gasteiger partial charge in [0.1, 0.15) is 6.04 Å². The van der Waals surface area contributed by atoms with E-state index < -0.39 is 0 Å². The number of carbonyl (C=O) groups is 1. The van der Waals surface area contributed by atoms with Crippen molar-refractivity contribution >= 4 is 5.91 Å². The van der Waals surface area contributed by atoms with Crippen molar-refractivity contribution in [3.8, 4) is 0 Å². The molecule has 1 aliphatic rings. The molecule has 1 amide bonds. The smallest absolute Gasteiger partial charge is 0.245 e. The Balaban J connectivity index is 2.16. The quantitative estimate of drug-likeness (QED) is 0.868. The van der Waals surface area contributed by atoms with E-state index in [-0.39, 0.29) is 18.1 Å². The monoisotopic (exact) mass is 288 g/mol. The maximum Gasteiger partial charge on any atom is 0.245 e. The second kappa shape index (κ2) is 7.08. The van der Waals surface area contributed by atoms with Crippen molar-refractivity contribution in [1.29, 1.82) is 0 Å². The van der Waals surface area contributed by atoms with Gasteiger partial charge < -0.3 is 4.90 Å². The molecule has 0 bridgehead atoms. The van der Waals surface area contributed by atoms with Crippen molar-refractivity contribution in [3.63, 3.8) is 0 Å². The maximum absolute atomic E-state index is 12.8. The molecule has 1 aromatic carbocycles. The van der Waals surface area contributed by atoms with Crippen LogP contribution >= 0.6 is 0 Å². The van der Waals surface area contributed by atoms with Crippen LogP contribution in [0.1, 0.15) is 52.1 Å². The number of nitrogens with one attached hydrogen (secondary N) is 1. The fourth-order valence-electron chi connectivity index (χ4n) is 2.81. The Morgan fingerprint density at radius 1 is 1.19 bits per heavy atom. The molecule has 0 radical (unpaired) electrons. The first kappa shape index (κ1) is 16.0. The maximum atomic E-state index is 12.8. The minimum Gasteiger partial charge on any atom is -0.325 e. The van der Waals surface area contributed by atoms with Gasteiger partial charge in [0.05, 0.1) is 6.17 Å². The summed E-state index contributed by atoms with van der Waals surface area (Å²) < 4.78 is 0. The fourth-order valence-corrected chi connectivity index (χ4v) is 2.81. The number of benzene rings is 1. The van der Waals surface area contributed by atoms with Gasteiger partial charge in [-0.3, -0.25) is 10.1 Å². The SMILES string of the molecule is CCCC1NC(c2ccccc2)C(=O)N1CC(C)C(C)C. The summed E-state index contributed by atoms with van der Waals surface area (Å²) in [7, 11) is 0. The van der Waals surface area contributed by atoms with Crippen LogP contribution in [0.5, 0.6) is 0 Å². The summed E-state index contributed by atoms with van der Waals surface area (Å²) in [6, 6.07) is 9.88. The van der Waals surface area contributed by atoms with E-state index >= 15 is 0 Å². The Bertz CT molecular complexity index is 458. The van der Waals surface area contributed by atoms with Gasteiger partial charge in [-0.1, -0.05) is 64.4 Å². The Morgan fingerprint density at radius 3 is 2.43 bits per heavy atom. The van der Waals surface area contributed by atoms with Gasteiger partial charge in [-0.2, -0.15) is 0 Å². The zero-order chi connectivity index (χ0) is 15.4. The molecule has 3 nitrogen and oxygen atoms in total. The minimum atomic E-state index is -0.179. The van der Waals surface area contributed by atoms with E-state index in [4.69, 9.17) is 0 Å². The number of hydrogen-bond donors (Lipinski definition) is 1. The Kier molecular flexibility index (Phi) is 5.40. The van der Waals surface area contributed by atoms with Gasteiger partial charge >= 0.3 is 0 Å². The third-order valence-electron chi connectivity index (χ3n) is 4.58. The molecule has 2 rings (SSSR count). The summed E-state index contributed by atoms with van der Waals surface area (Å²) in [5, 5.41) is 3.53. The lowest BCUT2D eigenvalue weighted by Crippen LogP contribution is -2.40. The minimum absolute atomic E-state index is 0.175. The third-order valence-corrected chi connectivity index (χ3v) is 4.58. The number of hydrogen-bond acceptors (Lipinski definition) is 2. The van der Waals surface area contributed by atoms with Crippen LogP contribution in [0.15, 0.2) is 30.3 Å². The predicted molar refractivity (Wildman–Crippen MR) is 86.7 cm³/mol. The molecule has 21 heavy (non-hydrogen) atoms. The number of nitrogens with zero attached hydrogens (tertiary/aromatic N) is 1. The number of amides is 1. The number of rotatable bonds is 6. The molecule has 1 heterocycles. The van der Waals surface area contributed by atoms with Crippen LogP contribution < -0.4 is 5.32 Å². The summed E-state index contributed by atoms with van der Waals surface area (Å²) in [5.41, 5.74) is 1.07. The van der Waals surface area contributed by atoms with Crippen LogP contribution in [-0.2, 0) is 4.79 Å². The molecule has 1 aliphatic heterocycles. The molecule has 3 heteroatoms. The van der Waals surface area contributed by atoms with Gasteiger partial charge in [0, 0.05) is 6.54 Å². The topological polar surface area (TPSA) is 32.3 Å². The van der Waals surface area contributed by atoms with Gasteiger partial charge in [0.15, 0.2) is 0 Å². The van der Waals surface area contributed by atoms with Crippen molar-refractivity contribution in [3.05, 3.63) is 35.9 Å². The van der Waals surface area contributed by atoms with E-state index in [1.807, 2.05) is 30.3 Å². The lowest BCUT2D eigenvalue weighted by molar-refractivity contribution is -0.131. The van der Waals surface area contributed by atoms with Crippen molar-refractivity contribution in [2.24, 2.45) is 11.8 Å². The number of carbonyl (C=O) groups excluding carboxylic acids is 1. The van der Waals surface area contributed by atoms with E-state index in [9.17, 15) is 4.79 Å². The normalized spacial score (nSPS) is 23.9. The Hall–Kier alpha value is -1.35. The molecule has 3 atom stereocenters. The van der Waals surface area contributed by atoms with Crippen molar-refractivity contribution < 1.29 is 4.79 Å².